The maximum absolute atomic E-state index is 13.4. The monoisotopic (exact) mass is 441 g/mol. The van der Waals surface area contributed by atoms with E-state index in [-0.39, 0.29) is 17.4 Å². The summed E-state index contributed by atoms with van der Waals surface area (Å²) in [6.45, 7) is 1.64. The number of Topliss-reactive ketones (excluding diaryl/α,β-unsaturated/α-hetero) is 1. The van der Waals surface area contributed by atoms with Crippen LogP contribution in [0.2, 0.25) is 0 Å². The molecule has 0 bridgehead atoms. The Balaban J connectivity index is 1.73. The number of nitrogens with two attached hydrogens (primary N) is 1. The summed E-state index contributed by atoms with van der Waals surface area (Å²) in [6.07, 6.45) is 3.00. The lowest BCUT2D eigenvalue weighted by Gasteiger charge is -2.26. The minimum absolute atomic E-state index is 0.0548. The number of nitrogens with zero attached hydrogens (tertiary/aromatic N) is 1. The number of benzene rings is 2. The predicted molar refractivity (Wildman–Crippen MR) is 116 cm³/mol. The van der Waals surface area contributed by atoms with Crippen molar-refractivity contribution in [2.45, 2.75) is 30.8 Å². The van der Waals surface area contributed by atoms with E-state index in [9.17, 15) is 23.2 Å². The van der Waals surface area contributed by atoms with Gasteiger partial charge >= 0.3 is 0 Å². The van der Waals surface area contributed by atoms with E-state index in [4.69, 9.17) is 5.73 Å². The highest BCUT2D eigenvalue weighted by molar-refractivity contribution is 6.11. The first kappa shape index (κ1) is 23.3. The van der Waals surface area contributed by atoms with Gasteiger partial charge in [0.15, 0.2) is 11.3 Å². The zero-order valence-corrected chi connectivity index (χ0v) is 17.8. The van der Waals surface area contributed by atoms with Gasteiger partial charge in [-0.2, -0.15) is 0 Å². The lowest BCUT2D eigenvalue weighted by Crippen LogP contribution is -2.61. The van der Waals surface area contributed by atoms with Gasteiger partial charge in [0.2, 0.25) is 11.8 Å². The third kappa shape index (κ3) is 5.26. The quantitative estimate of drug-likeness (QED) is 0.530. The van der Waals surface area contributed by atoms with Crippen LogP contribution in [0.3, 0.4) is 0 Å². The van der Waals surface area contributed by atoms with Crippen LogP contribution in [0.1, 0.15) is 24.0 Å². The Labute approximate surface area is 185 Å². The standard InChI is InChI=1S/C24H25F2N3O3/c1-24(27,21(30)12-15-10-18(25)13-19(26)11-15)23(32)28-20-9-8-17(14-29(2)22(20)31)16-6-4-3-5-7-16/h3-11,13,17,20H,12,14,27H2,1-2H3,(H,28,32)/t17-,20+,24-/m1/s1. The van der Waals surface area contributed by atoms with E-state index in [2.05, 4.69) is 5.32 Å². The van der Waals surface area contributed by atoms with Crippen LogP contribution in [0.25, 0.3) is 0 Å². The fraction of sp³-hybridized carbons (Fsp3) is 0.292. The molecule has 8 heteroatoms. The van der Waals surface area contributed by atoms with Crippen LogP contribution in [0.4, 0.5) is 8.78 Å². The second-order valence-corrected chi connectivity index (χ2v) is 8.15. The summed E-state index contributed by atoms with van der Waals surface area (Å²) < 4.78 is 26.8. The highest BCUT2D eigenvalue weighted by Gasteiger charge is 2.39. The summed E-state index contributed by atoms with van der Waals surface area (Å²) in [5.74, 6) is -3.65. The van der Waals surface area contributed by atoms with Gasteiger partial charge in [0.25, 0.3) is 0 Å². The maximum Gasteiger partial charge on any atom is 0.248 e. The largest absolute Gasteiger partial charge is 0.343 e. The number of amides is 2. The molecule has 6 nitrogen and oxygen atoms in total. The van der Waals surface area contributed by atoms with Gasteiger partial charge in [-0.15, -0.1) is 0 Å². The molecule has 0 radical (unpaired) electrons. The Morgan fingerprint density at radius 2 is 1.75 bits per heavy atom. The van der Waals surface area contributed by atoms with Crippen molar-refractivity contribution in [3.63, 3.8) is 0 Å². The smallest absolute Gasteiger partial charge is 0.248 e. The molecule has 168 valence electrons. The highest BCUT2D eigenvalue weighted by Crippen LogP contribution is 2.22. The molecule has 2 aromatic rings. The van der Waals surface area contributed by atoms with Crippen LogP contribution >= 0.6 is 0 Å². The van der Waals surface area contributed by atoms with E-state index in [0.29, 0.717) is 12.6 Å². The van der Waals surface area contributed by atoms with Crippen molar-refractivity contribution in [1.82, 2.24) is 10.2 Å². The van der Waals surface area contributed by atoms with Crippen LogP contribution in [-0.2, 0) is 20.8 Å². The molecule has 0 saturated heterocycles. The molecule has 0 aromatic heterocycles. The van der Waals surface area contributed by atoms with E-state index in [1.54, 1.807) is 13.1 Å². The van der Waals surface area contributed by atoms with Crippen LogP contribution in [-0.4, -0.2) is 47.7 Å². The molecule has 3 rings (SSSR count). The van der Waals surface area contributed by atoms with Crippen molar-refractivity contribution in [2.75, 3.05) is 13.6 Å². The number of carbonyl (C=O) groups excluding carboxylic acids is 3. The maximum atomic E-state index is 13.4. The summed E-state index contributed by atoms with van der Waals surface area (Å²) in [5, 5.41) is 2.53. The fourth-order valence-electron chi connectivity index (χ4n) is 3.54. The average Bonchev–Trinajstić information content (AvgIpc) is 2.87. The van der Waals surface area contributed by atoms with Gasteiger partial charge in [0.1, 0.15) is 17.7 Å². The van der Waals surface area contributed by atoms with E-state index in [1.807, 2.05) is 36.4 Å². The first-order chi connectivity index (χ1) is 15.1. The first-order valence-electron chi connectivity index (χ1n) is 10.1. The van der Waals surface area contributed by atoms with E-state index in [1.165, 1.54) is 11.8 Å². The van der Waals surface area contributed by atoms with Crippen molar-refractivity contribution in [2.24, 2.45) is 5.73 Å². The molecule has 3 N–H and O–H groups in total. The molecule has 0 aliphatic carbocycles. The second kappa shape index (κ2) is 9.40. The van der Waals surface area contributed by atoms with Gasteiger partial charge in [-0.25, -0.2) is 8.78 Å². The summed E-state index contributed by atoms with van der Waals surface area (Å²) in [6, 6.07) is 11.3. The summed E-state index contributed by atoms with van der Waals surface area (Å²) in [7, 11) is 1.63. The summed E-state index contributed by atoms with van der Waals surface area (Å²) in [4.78, 5) is 39.7. The molecule has 1 aliphatic rings. The van der Waals surface area contributed by atoms with Gasteiger partial charge in [0.05, 0.1) is 0 Å². The van der Waals surface area contributed by atoms with E-state index < -0.39 is 41.3 Å². The van der Waals surface area contributed by atoms with Crippen molar-refractivity contribution < 1.29 is 23.2 Å². The number of halogens is 2. The molecule has 2 aromatic carbocycles. The van der Waals surface area contributed by atoms with Crippen LogP contribution in [0, 0.1) is 11.6 Å². The Kier molecular flexibility index (Phi) is 6.84. The number of hydrogen-bond donors (Lipinski definition) is 2. The number of rotatable bonds is 6. The van der Waals surface area contributed by atoms with Crippen LogP contribution in [0.15, 0.2) is 60.7 Å². The summed E-state index contributed by atoms with van der Waals surface area (Å²) in [5.41, 5.74) is 5.07. The molecule has 3 atom stereocenters. The van der Waals surface area contributed by atoms with Gasteiger partial charge < -0.3 is 16.0 Å². The number of hydrogen-bond acceptors (Lipinski definition) is 4. The van der Waals surface area contributed by atoms with Crippen molar-refractivity contribution in [3.05, 3.63) is 83.4 Å². The molecular weight excluding hydrogens is 416 g/mol. The molecular formula is C24H25F2N3O3. The second-order valence-electron chi connectivity index (χ2n) is 8.15. The third-order valence-electron chi connectivity index (χ3n) is 5.50. The average molecular weight is 441 g/mol. The van der Waals surface area contributed by atoms with Crippen LogP contribution < -0.4 is 11.1 Å². The number of ketones is 1. The predicted octanol–water partition coefficient (Wildman–Crippen LogP) is 2.09. The zero-order valence-electron chi connectivity index (χ0n) is 17.8. The first-order valence-corrected chi connectivity index (χ1v) is 10.1. The molecule has 0 unspecified atom stereocenters. The molecule has 1 heterocycles. The molecule has 32 heavy (non-hydrogen) atoms. The Bertz CT molecular complexity index is 1030. The molecule has 1 aliphatic heterocycles. The van der Waals surface area contributed by atoms with E-state index in [0.717, 1.165) is 17.7 Å². The Morgan fingerprint density at radius 3 is 2.38 bits per heavy atom. The lowest BCUT2D eigenvalue weighted by atomic mass is 9.91. The highest BCUT2D eigenvalue weighted by atomic mass is 19.1. The Morgan fingerprint density at radius 1 is 1.12 bits per heavy atom. The molecule has 2 amide bonds. The number of likely N-dealkylation sites (N-methyl/N-ethyl adjacent to an activating group) is 1. The van der Waals surface area contributed by atoms with Gasteiger partial charge in [-0.3, -0.25) is 14.4 Å². The number of nitrogens with one attached hydrogen (secondary N) is 1. The molecule has 0 saturated carbocycles. The van der Waals surface area contributed by atoms with Crippen molar-refractivity contribution in [3.8, 4) is 0 Å². The normalized spacial score (nSPS) is 20.4. The van der Waals surface area contributed by atoms with Crippen LogP contribution in [0.5, 0.6) is 0 Å². The van der Waals surface area contributed by atoms with Crippen molar-refractivity contribution >= 4 is 17.6 Å². The van der Waals surface area contributed by atoms with Crippen molar-refractivity contribution in [1.29, 1.82) is 0 Å². The van der Waals surface area contributed by atoms with Gasteiger partial charge in [-0.05, 0) is 30.2 Å². The summed E-state index contributed by atoms with van der Waals surface area (Å²) >= 11 is 0. The van der Waals surface area contributed by atoms with Gasteiger partial charge in [-0.1, -0.05) is 42.5 Å². The minimum Gasteiger partial charge on any atom is -0.343 e. The SMILES string of the molecule is CN1C[C@H](c2ccccc2)C=C[C@H](NC(=O)[C@](C)(N)C(=O)Cc2cc(F)cc(F)c2)C1=O. The number of carbonyl (C=O) groups is 3. The van der Waals surface area contributed by atoms with E-state index >= 15 is 0 Å². The minimum atomic E-state index is -2.00. The topological polar surface area (TPSA) is 92.5 Å². The molecule has 0 fully saturated rings. The zero-order chi connectivity index (χ0) is 23.5. The fourth-order valence-corrected chi connectivity index (χ4v) is 3.54. The third-order valence-corrected chi connectivity index (χ3v) is 5.50. The lowest BCUT2D eigenvalue weighted by molar-refractivity contribution is -0.139. The Hall–Kier alpha value is -3.39. The molecule has 0 spiro atoms. The van der Waals surface area contributed by atoms with Gasteiger partial charge in [0, 0.05) is 32.0 Å².